The van der Waals surface area contributed by atoms with Crippen molar-refractivity contribution in [3.63, 3.8) is 0 Å². The summed E-state index contributed by atoms with van der Waals surface area (Å²) < 4.78 is 1.20. The smallest absolute Gasteiger partial charge is 0.279 e. The molecule has 1 unspecified atom stereocenters. The number of hydrogen-bond acceptors (Lipinski definition) is 3. The van der Waals surface area contributed by atoms with Gasteiger partial charge in [0.15, 0.2) is 6.54 Å². The van der Waals surface area contributed by atoms with Crippen molar-refractivity contribution in [2.75, 3.05) is 18.9 Å². The summed E-state index contributed by atoms with van der Waals surface area (Å²) in [5.74, 6) is 0.471. The minimum atomic E-state index is 0.0411. The van der Waals surface area contributed by atoms with Crippen molar-refractivity contribution in [3.05, 3.63) is 59.1 Å². The number of carbonyl (C=O) groups is 1. The van der Waals surface area contributed by atoms with Crippen LogP contribution in [0.25, 0.3) is 10.2 Å². The SMILES string of the molecule is CC[C@H](C)c1ccccc1NC(=O)C[NH+](C)Cc1nc2ccccc2s1. The molecule has 0 saturated heterocycles. The van der Waals surface area contributed by atoms with Crippen LogP contribution in [0.5, 0.6) is 0 Å². The number of nitrogens with zero attached hydrogens (tertiary/aromatic N) is 1. The third kappa shape index (κ3) is 4.48. The molecule has 0 aliphatic heterocycles. The highest BCUT2D eigenvalue weighted by Crippen LogP contribution is 2.26. The maximum atomic E-state index is 12.5. The molecule has 0 aliphatic carbocycles. The first-order valence-electron chi connectivity index (χ1n) is 9.11. The molecule has 2 atom stereocenters. The number of benzene rings is 2. The molecule has 26 heavy (non-hydrogen) atoms. The molecule has 0 saturated carbocycles. The van der Waals surface area contributed by atoms with Crippen molar-refractivity contribution in [1.82, 2.24) is 4.98 Å². The van der Waals surface area contributed by atoms with Gasteiger partial charge in [-0.1, -0.05) is 44.2 Å². The molecule has 136 valence electrons. The summed E-state index contributed by atoms with van der Waals surface area (Å²) in [7, 11) is 2.03. The Balaban J connectivity index is 1.61. The lowest BCUT2D eigenvalue weighted by Gasteiger charge is -2.17. The van der Waals surface area contributed by atoms with Gasteiger partial charge in [-0.05, 0) is 36.1 Å². The number of rotatable bonds is 7. The fourth-order valence-corrected chi connectivity index (χ4v) is 4.13. The highest BCUT2D eigenvalue weighted by atomic mass is 32.1. The summed E-state index contributed by atoms with van der Waals surface area (Å²) in [6.45, 7) is 5.53. The Hall–Kier alpha value is -2.24. The van der Waals surface area contributed by atoms with E-state index < -0.39 is 0 Å². The second-order valence-corrected chi connectivity index (χ2v) is 7.95. The Morgan fingerprint density at radius 3 is 2.69 bits per heavy atom. The zero-order valence-corrected chi connectivity index (χ0v) is 16.4. The van der Waals surface area contributed by atoms with Gasteiger partial charge in [-0.3, -0.25) is 4.79 Å². The second kappa shape index (κ2) is 8.43. The summed E-state index contributed by atoms with van der Waals surface area (Å²) in [5.41, 5.74) is 3.17. The van der Waals surface area contributed by atoms with Crippen molar-refractivity contribution in [2.45, 2.75) is 32.7 Å². The van der Waals surface area contributed by atoms with Gasteiger partial charge < -0.3 is 10.2 Å². The molecule has 3 aromatic rings. The highest BCUT2D eigenvalue weighted by molar-refractivity contribution is 7.18. The molecule has 0 radical (unpaired) electrons. The monoisotopic (exact) mass is 368 g/mol. The van der Waals surface area contributed by atoms with Crippen LogP contribution in [0, 0.1) is 0 Å². The van der Waals surface area contributed by atoms with Crippen molar-refractivity contribution >= 4 is 33.1 Å². The van der Waals surface area contributed by atoms with Crippen molar-refractivity contribution < 1.29 is 9.69 Å². The van der Waals surface area contributed by atoms with E-state index in [9.17, 15) is 4.79 Å². The van der Waals surface area contributed by atoms with Crippen LogP contribution in [0.4, 0.5) is 5.69 Å². The van der Waals surface area contributed by atoms with E-state index in [0.29, 0.717) is 12.5 Å². The number of aromatic nitrogens is 1. The normalized spacial score (nSPS) is 13.5. The lowest BCUT2D eigenvalue weighted by molar-refractivity contribution is -0.885. The Bertz CT molecular complexity index is 857. The molecular formula is C21H26N3OS+. The van der Waals surface area contributed by atoms with Crippen LogP contribution in [0.2, 0.25) is 0 Å². The van der Waals surface area contributed by atoms with Gasteiger partial charge in [0.05, 0.1) is 17.3 Å². The van der Waals surface area contributed by atoms with Gasteiger partial charge in [0, 0.05) is 5.69 Å². The maximum absolute atomic E-state index is 12.5. The lowest BCUT2D eigenvalue weighted by atomic mass is 9.97. The topological polar surface area (TPSA) is 46.4 Å². The Kier molecular flexibility index (Phi) is 6.01. The van der Waals surface area contributed by atoms with Crippen LogP contribution in [0.15, 0.2) is 48.5 Å². The van der Waals surface area contributed by atoms with Crippen molar-refractivity contribution in [1.29, 1.82) is 0 Å². The number of thiazole rings is 1. The van der Waals surface area contributed by atoms with Gasteiger partial charge in [-0.15, -0.1) is 11.3 Å². The third-order valence-electron chi connectivity index (χ3n) is 4.63. The molecule has 0 bridgehead atoms. The number of para-hydroxylation sites is 2. The maximum Gasteiger partial charge on any atom is 0.279 e. The van der Waals surface area contributed by atoms with Crippen molar-refractivity contribution in [2.24, 2.45) is 0 Å². The quantitative estimate of drug-likeness (QED) is 0.671. The zero-order valence-electron chi connectivity index (χ0n) is 15.6. The molecule has 1 amide bonds. The first kappa shape index (κ1) is 18.5. The number of fused-ring (bicyclic) bond motifs is 1. The molecule has 2 aromatic carbocycles. The van der Waals surface area contributed by atoms with Crippen LogP contribution in [-0.4, -0.2) is 24.5 Å². The number of amides is 1. The summed E-state index contributed by atoms with van der Waals surface area (Å²) in [5, 5.41) is 4.16. The average Bonchev–Trinajstić information content (AvgIpc) is 3.03. The van der Waals surface area contributed by atoms with Crippen LogP contribution in [0.1, 0.15) is 36.8 Å². The number of carbonyl (C=O) groups excluding carboxylic acids is 1. The summed E-state index contributed by atoms with van der Waals surface area (Å²) in [6.07, 6.45) is 1.05. The van der Waals surface area contributed by atoms with Crippen LogP contribution >= 0.6 is 11.3 Å². The molecule has 0 spiro atoms. The summed E-state index contributed by atoms with van der Waals surface area (Å²) in [6, 6.07) is 16.2. The number of nitrogens with one attached hydrogen (secondary N) is 2. The van der Waals surface area contributed by atoms with Crippen LogP contribution in [0.3, 0.4) is 0 Å². The fourth-order valence-electron chi connectivity index (χ4n) is 3.05. The largest absolute Gasteiger partial charge is 0.324 e. The molecule has 4 nitrogen and oxygen atoms in total. The summed E-state index contributed by atoms with van der Waals surface area (Å²) in [4.78, 5) is 18.3. The van der Waals surface area contributed by atoms with Gasteiger partial charge in [-0.25, -0.2) is 4.98 Å². The van der Waals surface area contributed by atoms with E-state index in [1.807, 2.05) is 43.4 Å². The van der Waals surface area contributed by atoms with Gasteiger partial charge >= 0.3 is 0 Å². The molecule has 0 aliphatic rings. The van der Waals surface area contributed by atoms with Crippen molar-refractivity contribution in [3.8, 4) is 0 Å². The van der Waals surface area contributed by atoms with Crippen LogP contribution < -0.4 is 10.2 Å². The molecule has 2 N–H and O–H groups in total. The van der Waals surface area contributed by atoms with E-state index >= 15 is 0 Å². The minimum absolute atomic E-state index is 0.0411. The van der Waals surface area contributed by atoms with Gasteiger partial charge in [0.1, 0.15) is 11.6 Å². The number of likely N-dealkylation sites (N-methyl/N-ethyl adjacent to an activating group) is 1. The number of anilines is 1. The lowest BCUT2D eigenvalue weighted by Crippen LogP contribution is -3.08. The standard InChI is InChI=1S/C21H25N3OS/c1-4-15(2)16-9-5-6-10-17(16)22-20(25)13-24(3)14-21-23-18-11-7-8-12-19(18)26-21/h5-12,15H,4,13-14H2,1-3H3,(H,22,25)/p+1/t15-/m0/s1. The minimum Gasteiger partial charge on any atom is -0.324 e. The van der Waals surface area contributed by atoms with Gasteiger partial charge in [0.25, 0.3) is 5.91 Å². The van der Waals surface area contributed by atoms with E-state index in [2.05, 4.69) is 36.3 Å². The van der Waals surface area contributed by atoms with E-state index in [-0.39, 0.29) is 5.91 Å². The van der Waals surface area contributed by atoms with E-state index in [4.69, 9.17) is 0 Å². The Morgan fingerprint density at radius 1 is 1.19 bits per heavy atom. The Labute approximate surface area is 158 Å². The first-order chi connectivity index (χ1) is 12.6. The molecule has 0 fully saturated rings. The highest BCUT2D eigenvalue weighted by Gasteiger charge is 2.16. The molecule has 1 heterocycles. The number of hydrogen-bond donors (Lipinski definition) is 2. The average molecular weight is 369 g/mol. The van der Waals surface area contributed by atoms with Crippen LogP contribution in [-0.2, 0) is 11.3 Å². The molecular weight excluding hydrogens is 342 g/mol. The second-order valence-electron chi connectivity index (χ2n) is 6.83. The predicted molar refractivity (Wildman–Crippen MR) is 109 cm³/mol. The third-order valence-corrected chi connectivity index (χ3v) is 5.67. The molecule has 5 heteroatoms. The van der Waals surface area contributed by atoms with E-state index in [1.165, 1.54) is 10.3 Å². The predicted octanol–water partition coefficient (Wildman–Crippen LogP) is 3.46. The number of quaternary nitrogens is 1. The van der Waals surface area contributed by atoms with Gasteiger partial charge in [0.2, 0.25) is 0 Å². The fraction of sp³-hybridized carbons (Fsp3) is 0.333. The van der Waals surface area contributed by atoms with E-state index in [1.54, 1.807) is 11.3 Å². The molecule has 1 aromatic heterocycles. The Morgan fingerprint density at radius 2 is 1.92 bits per heavy atom. The van der Waals surface area contributed by atoms with Gasteiger partial charge in [-0.2, -0.15) is 0 Å². The summed E-state index contributed by atoms with van der Waals surface area (Å²) >= 11 is 1.70. The molecule has 3 rings (SSSR count). The van der Waals surface area contributed by atoms with E-state index in [0.717, 1.165) is 34.1 Å². The zero-order chi connectivity index (χ0) is 18.5. The first-order valence-corrected chi connectivity index (χ1v) is 9.93.